The van der Waals surface area contributed by atoms with Gasteiger partial charge in [-0.15, -0.1) is 0 Å². The molecular formula is C14H21N3O. The molecule has 0 radical (unpaired) electrons. The number of fused-ring (bicyclic) bond motifs is 1. The van der Waals surface area contributed by atoms with Crippen LogP contribution < -0.4 is 10.5 Å². The van der Waals surface area contributed by atoms with Crippen molar-refractivity contribution in [2.75, 3.05) is 12.8 Å². The first kappa shape index (κ1) is 12.7. The molecule has 1 aromatic heterocycles. The van der Waals surface area contributed by atoms with Crippen molar-refractivity contribution in [2.24, 2.45) is 5.92 Å². The Morgan fingerprint density at radius 1 is 1.39 bits per heavy atom. The zero-order valence-electron chi connectivity index (χ0n) is 11.5. The number of benzene rings is 1. The standard InChI is InChI=1S/C14H21N3O/c1-5-12(9(2)3)17-13-8-10(18-4)6-7-11(13)16-14(17)15/h6-9,12H,5H2,1-4H3,(H2,15,16). The normalized spacial score (nSPS) is 13.2. The third kappa shape index (κ3) is 2.03. The van der Waals surface area contributed by atoms with E-state index in [2.05, 4.69) is 30.3 Å². The summed E-state index contributed by atoms with van der Waals surface area (Å²) in [7, 11) is 1.67. The number of hydrogen-bond acceptors (Lipinski definition) is 3. The second-order valence-electron chi connectivity index (χ2n) is 4.91. The van der Waals surface area contributed by atoms with E-state index in [1.807, 2.05) is 18.2 Å². The van der Waals surface area contributed by atoms with Crippen LogP contribution in [-0.4, -0.2) is 16.7 Å². The number of rotatable bonds is 4. The van der Waals surface area contributed by atoms with Gasteiger partial charge in [0.25, 0.3) is 0 Å². The lowest BCUT2D eigenvalue weighted by atomic mass is 10.0. The number of nitrogens with two attached hydrogens (primary N) is 1. The van der Waals surface area contributed by atoms with Gasteiger partial charge in [-0.3, -0.25) is 0 Å². The average molecular weight is 247 g/mol. The van der Waals surface area contributed by atoms with E-state index in [1.54, 1.807) is 7.11 Å². The molecule has 0 aliphatic carbocycles. The van der Waals surface area contributed by atoms with Crippen molar-refractivity contribution in [3.8, 4) is 5.75 Å². The van der Waals surface area contributed by atoms with Crippen LogP contribution in [0, 0.1) is 5.92 Å². The second kappa shape index (κ2) is 4.88. The van der Waals surface area contributed by atoms with Gasteiger partial charge in [0.05, 0.1) is 18.1 Å². The Kier molecular flexibility index (Phi) is 3.45. The fourth-order valence-electron chi connectivity index (χ4n) is 2.52. The molecule has 2 aromatic rings. The lowest BCUT2D eigenvalue weighted by molar-refractivity contribution is 0.377. The van der Waals surface area contributed by atoms with Gasteiger partial charge in [0.15, 0.2) is 0 Å². The van der Waals surface area contributed by atoms with Gasteiger partial charge in [0, 0.05) is 12.1 Å². The fraction of sp³-hybridized carbons (Fsp3) is 0.500. The van der Waals surface area contributed by atoms with Gasteiger partial charge in [-0.2, -0.15) is 0 Å². The van der Waals surface area contributed by atoms with Crippen molar-refractivity contribution in [2.45, 2.75) is 33.2 Å². The highest BCUT2D eigenvalue weighted by atomic mass is 16.5. The molecule has 0 fully saturated rings. The Morgan fingerprint density at radius 3 is 2.67 bits per heavy atom. The Balaban J connectivity index is 2.64. The summed E-state index contributed by atoms with van der Waals surface area (Å²) in [5.74, 6) is 1.93. The summed E-state index contributed by atoms with van der Waals surface area (Å²) in [5, 5.41) is 0. The summed E-state index contributed by atoms with van der Waals surface area (Å²) in [5.41, 5.74) is 8.04. The van der Waals surface area contributed by atoms with Crippen LogP contribution in [0.5, 0.6) is 5.75 Å². The smallest absolute Gasteiger partial charge is 0.201 e. The predicted molar refractivity (Wildman–Crippen MR) is 74.9 cm³/mol. The fourth-order valence-corrected chi connectivity index (χ4v) is 2.52. The monoisotopic (exact) mass is 247 g/mol. The summed E-state index contributed by atoms with van der Waals surface area (Å²) >= 11 is 0. The van der Waals surface area contributed by atoms with E-state index in [9.17, 15) is 0 Å². The van der Waals surface area contributed by atoms with E-state index in [-0.39, 0.29) is 0 Å². The first-order chi connectivity index (χ1) is 8.58. The first-order valence-electron chi connectivity index (χ1n) is 6.40. The minimum Gasteiger partial charge on any atom is -0.497 e. The minimum atomic E-state index is 0.363. The maximum absolute atomic E-state index is 6.07. The Morgan fingerprint density at radius 2 is 2.11 bits per heavy atom. The van der Waals surface area contributed by atoms with Crippen molar-refractivity contribution in [1.82, 2.24) is 9.55 Å². The highest BCUT2D eigenvalue weighted by Crippen LogP contribution is 2.31. The molecule has 1 unspecified atom stereocenters. The molecule has 0 aliphatic heterocycles. The first-order valence-corrected chi connectivity index (χ1v) is 6.40. The van der Waals surface area contributed by atoms with E-state index in [1.165, 1.54) is 0 Å². The lowest BCUT2D eigenvalue weighted by Crippen LogP contribution is -2.16. The SMILES string of the molecule is CCC(C(C)C)n1c(N)nc2ccc(OC)cc21. The maximum Gasteiger partial charge on any atom is 0.201 e. The molecular weight excluding hydrogens is 226 g/mol. The molecule has 18 heavy (non-hydrogen) atoms. The number of nitrogen functional groups attached to an aromatic ring is 1. The molecule has 2 rings (SSSR count). The molecule has 2 N–H and O–H groups in total. The lowest BCUT2D eigenvalue weighted by Gasteiger charge is -2.22. The molecule has 0 saturated heterocycles. The quantitative estimate of drug-likeness (QED) is 0.902. The zero-order chi connectivity index (χ0) is 13.3. The van der Waals surface area contributed by atoms with Gasteiger partial charge in [-0.05, 0) is 24.5 Å². The number of hydrogen-bond donors (Lipinski definition) is 1. The second-order valence-corrected chi connectivity index (χ2v) is 4.91. The molecule has 0 saturated carbocycles. The van der Waals surface area contributed by atoms with Crippen LogP contribution in [0.25, 0.3) is 11.0 Å². The molecule has 4 heteroatoms. The number of anilines is 1. The molecule has 98 valence electrons. The highest BCUT2D eigenvalue weighted by molar-refractivity contribution is 5.80. The van der Waals surface area contributed by atoms with Crippen LogP contribution in [0.1, 0.15) is 33.2 Å². The summed E-state index contributed by atoms with van der Waals surface area (Å²) in [6.07, 6.45) is 1.03. The Bertz CT molecular complexity index is 545. The minimum absolute atomic E-state index is 0.363. The summed E-state index contributed by atoms with van der Waals surface area (Å²) in [4.78, 5) is 4.42. The molecule has 1 heterocycles. The van der Waals surface area contributed by atoms with E-state index in [4.69, 9.17) is 10.5 Å². The van der Waals surface area contributed by atoms with Gasteiger partial charge in [0.2, 0.25) is 5.95 Å². The van der Waals surface area contributed by atoms with Crippen LogP contribution in [-0.2, 0) is 0 Å². The molecule has 0 amide bonds. The maximum atomic E-state index is 6.07. The average Bonchev–Trinajstić information content (AvgIpc) is 2.66. The Hall–Kier alpha value is -1.71. The number of methoxy groups -OCH3 is 1. The van der Waals surface area contributed by atoms with Crippen molar-refractivity contribution in [1.29, 1.82) is 0 Å². The number of aromatic nitrogens is 2. The third-order valence-electron chi connectivity index (χ3n) is 3.44. The summed E-state index contributed by atoms with van der Waals surface area (Å²) in [6, 6.07) is 6.23. The van der Waals surface area contributed by atoms with Crippen LogP contribution in [0.2, 0.25) is 0 Å². The largest absolute Gasteiger partial charge is 0.497 e. The van der Waals surface area contributed by atoms with Gasteiger partial charge < -0.3 is 15.0 Å². The molecule has 4 nitrogen and oxygen atoms in total. The van der Waals surface area contributed by atoms with Crippen LogP contribution >= 0.6 is 0 Å². The van der Waals surface area contributed by atoms with Gasteiger partial charge in [-0.25, -0.2) is 4.98 Å². The van der Waals surface area contributed by atoms with E-state index < -0.39 is 0 Å². The van der Waals surface area contributed by atoms with Crippen LogP contribution in [0.4, 0.5) is 5.95 Å². The van der Waals surface area contributed by atoms with Gasteiger partial charge in [-0.1, -0.05) is 20.8 Å². The van der Waals surface area contributed by atoms with Crippen molar-refractivity contribution < 1.29 is 4.74 Å². The third-order valence-corrected chi connectivity index (χ3v) is 3.44. The molecule has 1 aromatic carbocycles. The molecule has 1 atom stereocenters. The van der Waals surface area contributed by atoms with Gasteiger partial charge in [0.1, 0.15) is 5.75 Å². The van der Waals surface area contributed by atoms with E-state index in [0.29, 0.717) is 17.9 Å². The van der Waals surface area contributed by atoms with Crippen LogP contribution in [0.3, 0.4) is 0 Å². The number of nitrogens with zero attached hydrogens (tertiary/aromatic N) is 2. The van der Waals surface area contributed by atoms with Gasteiger partial charge >= 0.3 is 0 Å². The summed E-state index contributed by atoms with van der Waals surface area (Å²) in [6.45, 7) is 6.59. The molecule has 0 spiro atoms. The van der Waals surface area contributed by atoms with E-state index in [0.717, 1.165) is 23.2 Å². The van der Waals surface area contributed by atoms with E-state index >= 15 is 0 Å². The number of ether oxygens (including phenoxy) is 1. The zero-order valence-corrected chi connectivity index (χ0v) is 11.5. The van der Waals surface area contributed by atoms with Crippen molar-refractivity contribution in [3.05, 3.63) is 18.2 Å². The molecule has 0 bridgehead atoms. The van der Waals surface area contributed by atoms with Crippen molar-refractivity contribution in [3.63, 3.8) is 0 Å². The Labute approximate surface area is 108 Å². The summed E-state index contributed by atoms with van der Waals surface area (Å²) < 4.78 is 7.41. The van der Waals surface area contributed by atoms with Crippen LogP contribution in [0.15, 0.2) is 18.2 Å². The predicted octanol–water partition coefficient (Wildman–Crippen LogP) is 3.23. The number of imidazole rings is 1. The van der Waals surface area contributed by atoms with Crippen molar-refractivity contribution >= 4 is 17.0 Å². The topological polar surface area (TPSA) is 53.1 Å². The molecule has 0 aliphatic rings. The highest BCUT2D eigenvalue weighted by Gasteiger charge is 2.19.